The summed E-state index contributed by atoms with van der Waals surface area (Å²) in [4.78, 5) is 12.8. The van der Waals surface area contributed by atoms with Crippen molar-refractivity contribution in [1.82, 2.24) is 25.1 Å². The number of aryl methyl sites for hydroxylation is 2. The highest BCUT2D eigenvalue weighted by molar-refractivity contribution is 7.98. The van der Waals surface area contributed by atoms with Crippen LogP contribution in [0.3, 0.4) is 0 Å². The first kappa shape index (κ1) is 18.9. The third kappa shape index (κ3) is 4.52. The van der Waals surface area contributed by atoms with Crippen molar-refractivity contribution in [3.63, 3.8) is 0 Å². The Morgan fingerprint density at radius 1 is 0.931 bits per heavy atom. The molecule has 3 N–H and O–H groups in total. The molecule has 2 aromatic heterocycles. The minimum atomic E-state index is 0.151. The highest BCUT2D eigenvalue weighted by Gasteiger charge is 2.13. The lowest BCUT2D eigenvalue weighted by atomic mass is 10.1. The molecule has 9 heteroatoms. The number of hydrogen-bond donors (Lipinski definition) is 2. The molecule has 29 heavy (non-hydrogen) atoms. The summed E-state index contributed by atoms with van der Waals surface area (Å²) in [6.45, 7) is 4.01. The van der Waals surface area contributed by atoms with Crippen LogP contribution in [0.15, 0.2) is 58.2 Å². The SMILES string of the molecule is Cc1ccccc1Nc1nc(N)nc(CSc2nnc(-c3ccccc3C)o2)n1. The highest BCUT2D eigenvalue weighted by atomic mass is 32.2. The van der Waals surface area contributed by atoms with Crippen LogP contribution >= 0.6 is 11.8 Å². The number of aromatic nitrogens is 5. The maximum atomic E-state index is 5.85. The number of hydrogen-bond acceptors (Lipinski definition) is 9. The van der Waals surface area contributed by atoms with E-state index in [1.54, 1.807) is 0 Å². The molecule has 2 heterocycles. The van der Waals surface area contributed by atoms with Gasteiger partial charge in [-0.25, -0.2) is 0 Å². The van der Waals surface area contributed by atoms with Crippen molar-refractivity contribution in [3.05, 3.63) is 65.5 Å². The number of nitrogens with zero attached hydrogens (tertiary/aromatic N) is 5. The van der Waals surface area contributed by atoms with Gasteiger partial charge in [0.1, 0.15) is 5.82 Å². The molecule has 146 valence electrons. The van der Waals surface area contributed by atoms with Gasteiger partial charge in [0.05, 0.1) is 5.75 Å². The highest BCUT2D eigenvalue weighted by Crippen LogP contribution is 2.27. The van der Waals surface area contributed by atoms with Gasteiger partial charge in [0.25, 0.3) is 5.22 Å². The molecule has 0 unspecified atom stereocenters. The van der Waals surface area contributed by atoms with Crippen LogP contribution in [0.25, 0.3) is 11.5 Å². The third-order valence-electron chi connectivity index (χ3n) is 4.20. The molecule has 2 aromatic carbocycles. The summed E-state index contributed by atoms with van der Waals surface area (Å²) >= 11 is 1.35. The van der Waals surface area contributed by atoms with Crippen molar-refractivity contribution in [3.8, 4) is 11.5 Å². The summed E-state index contributed by atoms with van der Waals surface area (Å²) in [5, 5.41) is 11.9. The van der Waals surface area contributed by atoms with E-state index < -0.39 is 0 Å². The second-order valence-electron chi connectivity index (χ2n) is 6.35. The minimum Gasteiger partial charge on any atom is -0.411 e. The van der Waals surface area contributed by atoms with E-state index in [1.807, 2.05) is 62.4 Å². The number of rotatable bonds is 6. The van der Waals surface area contributed by atoms with Gasteiger partial charge in [-0.2, -0.15) is 15.0 Å². The Morgan fingerprint density at radius 2 is 1.69 bits per heavy atom. The molecule has 0 amide bonds. The molecule has 0 fully saturated rings. The van der Waals surface area contributed by atoms with E-state index in [1.165, 1.54) is 11.8 Å². The molecule has 0 saturated heterocycles. The predicted octanol–water partition coefficient (Wildman–Crippen LogP) is 4.16. The molecular formula is C20H19N7OS. The van der Waals surface area contributed by atoms with Crippen molar-refractivity contribution in [2.45, 2.75) is 24.8 Å². The van der Waals surface area contributed by atoms with Crippen LogP contribution in [0.2, 0.25) is 0 Å². The van der Waals surface area contributed by atoms with E-state index in [2.05, 4.69) is 30.5 Å². The van der Waals surface area contributed by atoms with Crippen molar-refractivity contribution >= 4 is 29.3 Å². The van der Waals surface area contributed by atoms with Gasteiger partial charge >= 0.3 is 0 Å². The second-order valence-corrected chi connectivity index (χ2v) is 7.28. The van der Waals surface area contributed by atoms with Gasteiger partial charge in [-0.05, 0) is 37.1 Å². The first-order valence-electron chi connectivity index (χ1n) is 8.94. The topological polar surface area (TPSA) is 116 Å². The maximum absolute atomic E-state index is 5.85. The van der Waals surface area contributed by atoms with E-state index in [9.17, 15) is 0 Å². The Hall–Kier alpha value is -3.46. The molecule has 0 atom stereocenters. The fourth-order valence-electron chi connectivity index (χ4n) is 2.71. The lowest BCUT2D eigenvalue weighted by Gasteiger charge is -2.09. The van der Waals surface area contributed by atoms with E-state index in [4.69, 9.17) is 10.2 Å². The number of para-hydroxylation sites is 1. The minimum absolute atomic E-state index is 0.151. The van der Waals surface area contributed by atoms with E-state index >= 15 is 0 Å². The zero-order valence-corrected chi connectivity index (χ0v) is 16.8. The van der Waals surface area contributed by atoms with E-state index in [0.29, 0.717) is 28.6 Å². The summed E-state index contributed by atoms with van der Waals surface area (Å²) < 4.78 is 5.77. The fourth-order valence-corrected chi connectivity index (χ4v) is 3.33. The molecule has 0 saturated carbocycles. The number of benzene rings is 2. The number of anilines is 3. The van der Waals surface area contributed by atoms with Gasteiger partial charge in [-0.15, -0.1) is 10.2 Å². The molecule has 0 aliphatic rings. The molecule has 4 aromatic rings. The van der Waals surface area contributed by atoms with Crippen LogP contribution in [0.4, 0.5) is 17.6 Å². The Morgan fingerprint density at radius 3 is 2.48 bits per heavy atom. The molecule has 0 radical (unpaired) electrons. The van der Waals surface area contributed by atoms with Gasteiger partial charge < -0.3 is 15.5 Å². The van der Waals surface area contributed by atoms with Gasteiger partial charge in [0.15, 0.2) is 0 Å². The lowest BCUT2D eigenvalue weighted by molar-refractivity contribution is 0.465. The van der Waals surface area contributed by atoms with Crippen LogP contribution in [0.5, 0.6) is 0 Å². The number of nitrogens with two attached hydrogens (primary N) is 1. The van der Waals surface area contributed by atoms with Gasteiger partial charge in [0, 0.05) is 11.3 Å². The summed E-state index contributed by atoms with van der Waals surface area (Å²) in [6.07, 6.45) is 0. The Bertz CT molecular complexity index is 1150. The summed E-state index contributed by atoms with van der Waals surface area (Å²) in [5.41, 5.74) is 9.84. The molecule has 0 bridgehead atoms. The van der Waals surface area contributed by atoms with Crippen molar-refractivity contribution in [2.24, 2.45) is 0 Å². The van der Waals surface area contributed by atoms with Crippen molar-refractivity contribution in [2.75, 3.05) is 11.1 Å². The Balaban J connectivity index is 1.47. The molecular weight excluding hydrogens is 386 g/mol. The van der Waals surface area contributed by atoms with Gasteiger partial charge in [-0.1, -0.05) is 48.2 Å². The van der Waals surface area contributed by atoms with Gasteiger partial charge in [-0.3, -0.25) is 0 Å². The van der Waals surface area contributed by atoms with Crippen LogP contribution in [-0.2, 0) is 5.75 Å². The zero-order valence-electron chi connectivity index (χ0n) is 16.0. The smallest absolute Gasteiger partial charge is 0.277 e. The van der Waals surface area contributed by atoms with E-state index in [-0.39, 0.29) is 5.95 Å². The average Bonchev–Trinajstić information content (AvgIpc) is 3.17. The second kappa shape index (κ2) is 8.27. The molecule has 0 aliphatic heterocycles. The molecule has 0 aliphatic carbocycles. The summed E-state index contributed by atoms with van der Waals surface area (Å²) in [6, 6.07) is 15.7. The van der Waals surface area contributed by atoms with E-state index in [0.717, 1.165) is 22.4 Å². The third-order valence-corrected chi connectivity index (χ3v) is 5.01. The Labute approximate surface area is 172 Å². The van der Waals surface area contributed by atoms with Crippen LogP contribution in [0, 0.1) is 13.8 Å². The normalized spacial score (nSPS) is 10.8. The van der Waals surface area contributed by atoms with Crippen LogP contribution < -0.4 is 11.1 Å². The maximum Gasteiger partial charge on any atom is 0.277 e. The predicted molar refractivity (Wildman–Crippen MR) is 113 cm³/mol. The standard InChI is InChI=1S/C20H19N7OS/c1-12-7-3-5-9-14(12)17-26-27-20(28-17)29-11-16-23-18(21)25-19(24-16)22-15-10-6-4-8-13(15)2/h3-10H,11H2,1-2H3,(H3,21,22,23,24,25). The molecule has 8 nitrogen and oxygen atoms in total. The fraction of sp³-hybridized carbons (Fsp3) is 0.150. The molecule has 4 rings (SSSR count). The quantitative estimate of drug-likeness (QED) is 0.456. The summed E-state index contributed by atoms with van der Waals surface area (Å²) in [7, 11) is 0. The first-order valence-corrected chi connectivity index (χ1v) is 9.92. The van der Waals surface area contributed by atoms with Gasteiger partial charge in [0.2, 0.25) is 17.8 Å². The number of thioether (sulfide) groups is 1. The largest absolute Gasteiger partial charge is 0.411 e. The van der Waals surface area contributed by atoms with Crippen LogP contribution in [0.1, 0.15) is 17.0 Å². The zero-order chi connectivity index (χ0) is 20.2. The average molecular weight is 405 g/mol. The molecule has 0 spiro atoms. The number of nitrogen functional groups attached to an aromatic ring is 1. The first-order chi connectivity index (χ1) is 14.1. The monoisotopic (exact) mass is 405 g/mol. The van der Waals surface area contributed by atoms with Crippen molar-refractivity contribution < 1.29 is 4.42 Å². The number of nitrogens with one attached hydrogen (secondary N) is 1. The van der Waals surface area contributed by atoms with Crippen molar-refractivity contribution in [1.29, 1.82) is 0 Å². The summed E-state index contributed by atoms with van der Waals surface area (Å²) in [5.74, 6) is 1.98. The Kier molecular flexibility index (Phi) is 5.39. The van der Waals surface area contributed by atoms with Crippen LogP contribution in [-0.4, -0.2) is 25.1 Å². The lowest BCUT2D eigenvalue weighted by Crippen LogP contribution is -2.07.